The first kappa shape index (κ1) is 13.8. The van der Waals surface area contributed by atoms with Crippen molar-refractivity contribution < 1.29 is 14.7 Å². The van der Waals surface area contributed by atoms with Crippen LogP contribution in [0.15, 0.2) is 33.4 Å². The van der Waals surface area contributed by atoms with E-state index in [9.17, 15) is 9.59 Å². The summed E-state index contributed by atoms with van der Waals surface area (Å²) in [6, 6.07) is 4.64. The molecule has 0 atom stereocenters. The molecule has 0 bridgehead atoms. The van der Waals surface area contributed by atoms with Crippen LogP contribution in [-0.2, 0) is 0 Å². The first-order valence-electron chi connectivity index (χ1n) is 5.36. The van der Waals surface area contributed by atoms with E-state index in [-0.39, 0.29) is 17.2 Å². The van der Waals surface area contributed by atoms with Gasteiger partial charge in [-0.2, -0.15) is 11.3 Å². The fourth-order valence-electron chi connectivity index (χ4n) is 1.59. The molecule has 2 rings (SSSR count). The topological polar surface area (TPSA) is 66.4 Å². The van der Waals surface area contributed by atoms with Gasteiger partial charge in [0.25, 0.3) is 5.91 Å². The van der Waals surface area contributed by atoms with Crippen molar-refractivity contribution in [1.82, 2.24) is 0 Å². The van der Waals surface area contributed by atoms with Crippen molar-refractivity contribution in [2.45, 2.75) is 6.92 Å². The molecule has 0 fully saturated rings. The summed E-state index contributed by atoms with van der Waals surface area (Å²) in [7, 11) is 0. The van der Waals surface area contributed by atoms with E-state index in [1.807, 2.05) is 12.3 Å². The summed E-state index contributed by atoms with van der Waals surface area (Å²) in [6.07, 6.45) is 0. The zero-order valence-corrected chi connectivity index (χ0v) is 12.3. The number of thiophene rings is 1. The Balaban J connectivity index is 2.33. The summed E-state index contributed by atoms with van der Waals surface area (Å²) in [4.78, 5) is 23.2. The second-order valence-corrected chi connectivity index (χ2v) is 5.58. The molecule has 1 heterocycles. The number of aryl methyl sites for hydroxylation is 1. The summed E-state index contributed by atoms with van der Waals surface area (Å²) >= 11 is 4.69. The SMILES string of the molecule is Cc1cscc1C(=O)Nc1cc(Br)ccc1C(=O)O. The van der Waals surface area contributed by atoms with Gasteiger partial charge in [-0.1, -0.05) is 15.9 Å². The smallest absolute Gasteiger partial charge is 0.337 e. The molecule has 4 nitrogen and oxygen atoms in total. The van der Waals surface area contributed by atoms with E-state index in [4.69, 9.17) is 5.11 Å². The van der Waals surface area contributed by atoms with Crippen molar-refractivity contribution in [1.29, 1.82) is 0 Å². The highest BCUT2D eigenvalue weighted by Crippen LogP contribution is 2.23. The van der Waals surface area contributed by atoms with Gasteiger partial charge in [0.15, 0.2) is 0 Å². The summed E-state index contributed by atoms with van der Waals surface area (Å²) in [6.45, 7) is 1.84. The molecule has 0 unspecified atom stereocenters. The molecule has 2 aromatic rings. The molecular weight excluding hydrogens is 330 g/mol. The molecule has 6 heteroatoms. The minimum absolute atomic E-state index is 0.0597. The predicted molar refractivity (Wildman–Crippen MR) is 78.1 cm³/mol. The third-order valence-electron chi connectivity index (χ3n) is 2.56. The van der Waals surface area contributed by atoms with Crippen LogP contribution >= 0.6 is 27.3 Å². The van der Waals surface area contributed by atoms with Gasteiger partial charge in [-0.25, -0.2) is 4.79 Å². The van der Waals surface area contributed by atoms with Crippen LogP contribution in [0.25, 0.3) is 0 Å². The lowest BCUT2D eigenvalue weighted by Gasteiger charge is -2.08. The number of halogens is 1. The lowest BCUT2D eigenvalue weighted by molar-refractivity contribution is 0.0698. The monoisotopic (exact) mass is 339 g/mol. The third-order valence-corrected chi connectivity index (χ3v) is 3.92. The van der Waals surface area contributed by atoms with Crippen LogP contribution in [-0.4, -0.2) is 17.0 Å². The summed E-state index contributed by atoms with van der Waals surface area (Å²) < 4.78 is 0.704. The Kier molecular flexibility index (Phi) is 4.01. The van der Waals surface area contributed by atoms with E-state index in [1.165, 1.54) is 17.4 Å². The van der Waals surface area contributed by atoms with Gasteiger partial charge in [-0.15, -0.1) is 0 Å². The van der Waals surface area contributed by atoms with E-state index in [0.29, 0.717) is 10.0 Å². The van der Waals surface area contributed by atoms with Crippen molar-refractivity contribution in [2.24, 2.45) is 0 Å². The highest BCUT2D eigenvalue weighted by molar-refractivity contribution is 9.10. The Labute approximate surface area is 122 Å². The van der Waals surface area contributed by atoms with Gasteiger partial charge in [0.1, 0.15) is 0 Å². The number of hydrogen-bond acceptors (Lipinski definition) is 3. The zero-order chi connectivity index (χ0) is 14.0. The lowest BCUT2D eigenvalue weighted by Crippen LogP contribution is -2.15. The average Bonchev–Trinajstić information content (AvgIpc) is 2.75. The standard InChI is InChI=1S/C13H10BrNO3S/c1-7-5-19-6-10(7)12(16)15-11-4-8(14)2-3-9(11)13(17)18/h2-6H,1H3,(H,15,16)(H,17,18). The number of carboxylic acids is 1. The molecule has 0 aliphatic carbocycles. The molecule has 1 aromatic heterocycles. The van der Waals surface area contributed by atoms with Crippen LogP contribution < -0.4 is 5.32 Å². The first-order valence-corrected chi connectivity index (χ1v) is 7.09. The molecule has 0 radical (unpaired) electrons. The Bertz CT molecular complexity index is 651. The van der Waals surface area contributed by atoms with Crippen LogP contribution in [0.2, 0.25) is 0 Å². The van der Waals surface area contributed by atoms with Crippen LogP contribution in [0, 0.1) is 6.92 Å². The number of carbonyl (C=O) groups is 2. The predicted octanol–water partition coefficient (Wildman–Crippen LogP) is 3.77. The molecule has 0 saturated carbocycles. The Morgan fingerprint density at radius 2 is 2.00 bits per heavy atom. The number of anilines is 1. The minimum atomic E-state index is -1.08. The van der Waals surface area contributed by atoms with Crippen LogP contribution in [0.1, 0.15) is 26.3 Å². The van der Waals surface area contributed by atoms with Crippen molar-refractivity contribution in [3.8, 4) is 0 Å². The Morgan fingerprint density at radius 3 is 2.58 bits per heavy atom. The second-order valence-electron chi connectivity index (χ2n) is 3.92. The van der Waals surface area contributed by atoms with Gasteiger partial charge in [0.05, 0.1) is 16.8 Å². The summed E-state index contributed by atoms with van der Waals surface area (Å²) in [5.74, 6) is -1.39. The fraction of sp³-hybridized carbons (Fsp3) is 0.0769. The number of amides is 1. The summed E-state index contributed by atoms with van der Waals surface area (Å²) in [5.41, 5.74) is 1.76. The highest BCUT2D eigenvalue weighted by atomic mass is 79.9. The van der Waals surface area contributed by atoms with Gasteiger partial charge in [0, 0.05) is 9.85 Å². The van der Waals surface area contributed by atoms with Crippen LogP contribution in [0.4, 0.5) is 5.69 Å². The van der Waals surface area contributed by atoms with E-state index < -0.39 is 5.97 Å². The van der Waals surface area contributed by atoms with Crippen LogP contribution in [0.5, 0.6) is 0 Å². The first-order chi connectivity index (χ1) is 8.99. The molecule has 0 aliphatic heterocycles. The number of nitrogens with one attached hydrogen (secondary N) is 1. The third kappa shape index (κ3) is 3.02. The Hall–Kier alpha value is -1.66. The van der Waals surface area contributed by atoms with Crippen molar-refractivity contribution in [2.75, 3.05) is 5.32 Å². The van der Waals surface area contributed by atoms with Crippen molar-refractivity contribution >= 4 is 44.8 Å². The average molecular weight is 340 g/mol. The van der Waals surface area contributed by atoms with E-state index >= 15 is 0 Å². The molecule has 1 amide bonds. The number of carboxylic acid groups (broad SMARTS) is 1. The number of carbonyl (C=O) groups excluding carboxylic acids is 1. The van der Waals surface area contributed by atoms with Gasteiger partial charge in [0.2, 0.25) is 0 Å². The van der Waals surface area contributed by atoms with E-state index in [0.717, 1.165) is 5.56 Å². The lowest BCUT2D eigenvalue weighted by atomic mass is 10.1. The second kappa shape index (κ2) is 5.54. The molecular formula is C13H10BrNO3S. The molecule has 0 spiro atoms. The van der Waals surface area contributed by atoms with E-state index in [1.54, 1.807) is 17.5 Å². The number of rotatable bonds is 3. The fourth-order valence-corrected chi connectivity index (χ4v) is 2.78. The summed E-state index contributed by atoms with van der Waals surface area (Å²) in [5, 5.41) is 15.3. The molecule has 98 valence electrons. The highest BCUT2D eigenvalue weighted by Gasteiger charge is 2.15. The van der Waals surface area contributed by atoms with Gasteiger partial charge >= 0.3 is 5.97 Å². The molecule has 19 heavy (non-hydrogen) atoms. The number of aromatic carboxylic acids is 1. The van der Waals surface area contributed by atoms with Crippen molar-refractivity contribution in [3.05, 3.63) is 50.1 Å². The largest absolute Gasteiger partial charge is 0.478 e. The minimum Gasteiger partial charge on any atom is -0.478 e. The number of hydrogen-bond donors (Lipinski definition) is 2. The maximum atomic E-state index is 12.1. The van der Waals surface area contributed by atoms with Gasteiger partial charge < -0.3 is 10.4 Å². The normalized spacial score (nSPS) is 10.2. The molecule has 1 aromatic carbocycles. The molecule has 2 N–H and O–H groups in total. The van der Waals surface area contributed by atoms with Crippen molar-refractivity contribution in [3.63, 3.8) is 0 Å². The quantitative estimate of drug-likeness (QED) is 0.894. The van der Waals surface area contributed by atoms with E-state index in [2.05, 4.69) is 21.2 Å². The van der Waals surface area contributed by atoms with Gasteiger partial charge in [-0.3, -0.25) is 4.79 Å². The van der Waals surface area contributed by atoms with Gasteiger partial charge in [-0.05, 0) is 36.1 Å². The zero-order valence-electron chi connectivity index (χ0n) is 9.94. The molecule has 0 aliphatic rings. The number of benzene rings is 1. The maximum absolute atomic E-state index is 12.1. The maximum Gasteiger partial charge on any atom is 0.337 e. The Morgan fingerprint density at radius 1 is 1.26 bits per heavy atom. The molecule has 0 saturated heterocycles. The van der Waals surface area contributed by atoms with Crippen LogP contribution in [0.3, 0.4) is 0 Å².